The highest BCUT2D eigenvalue weighted by Gasteiger charge is 2.17. The Morgan fingerprint density at radius 2 is 2.11 bits per heavy atom. The van der Waals surface area contributed by atoms with Crippen molar-refractivity contribution in [3.05, 3.63) is 15.9 Å². The monoisotopic (exact) mass is 347 g/mol. The summed E-state index contributed by atoms with van der Waals surface area (Å²) >= 11 is 5.72. The van der Waals surface area contributed by atoms with Crippen molar-refractivity contribution in [2.75, 3.05) is 18.1 Å². The van der Waals surface area contributed by atoms with Gasteiger partial charge in [-0.1, -0.05) is 13.8 Å². The van der Waals surface area contributed by atoms with Crippen LogP contribution in [0.25, 0.3) is 0 Å². The molecule has 0 saturated carbocycles. The Bertz CT molecular complexity index is 379. The highest BCUT2D eigenvalue weighted by atomic mass is 79.9. The first-order valence-corrected chi connectivity index (χ1v) is 9.11. The fraction of sp³-hybridized carbons (Fsp3) is 0.786. The molecule has 1 rings (SSSR count). The molecule has 0 aliphatic rings. The summed E-state index contributed by atoms with van der Waals surface area (Å²) in [5.74, 6) is 2.41. The molecule has 19 heavy (non-hydrogen) atoms. The van der Waals surface area contributed by atoms with Gasteiger partial charge < -0.3 is 5.32 Å². The van der Waals surface area contributed by atoms with Crippen LogP contribution in [0, 0.1) is 6.92 Å². The van der Waals surface area contributed by atoms with Gasteiger partial charge in [0, 0.05) is 24.8 Å². The van der Waals surface area contributed by atoms with Crippen LogP contribution in [-0.4, -0.2) is 33.9 Å². The summed E-state index contributed by atoms with van der Waals surface area (Å²) < 4.78 is 3.30. The van der Waals surface area contributed by atoms with Crippen LogP contribution in [0.15, 0.2) is 4.47 Å². The summed E-state index contributed by atoms with van der Waals surface area (Å²) in [6.07, 6.45) is 2.29. The molecule has 0 amide bonds. The first kappa shape index (κ1) is 17.1. The minimum atomic E-state index is 0.527. The zero-order valence-electron chi connectivity index (χ0n) is 12.5. The van der Waals surface area contributed by atoms with Crippen LogP contribution in [0.3, 0.4) is 0 Å². The van der Waals surface area contributed by atoms with E-state index in [1.54, 1.807) is 0 Å². The molecular formula is C14H26BrN3S. The van der Waals surface area contributed by atoms with E-state index in [0.717, 1.165) is 25.2 Å². The fourth-order valence-corrected chi connectivity index (χ4v) is 3.57. The largest absolute Gasteiger partial charge is 0.313 e. The summed E-state index contributed by atoms with van der Waals surface area (Å²) in [6.45, 7) is 10.6. The van der Waals surface area contributed by atoms with Gasteiger partial charge in [0.25, 0.3) is 0 Å². The lowest BCUT2D eigenvalue weighted by Crippen LogP contribution is -2.34. The number of nitrogens with zero attached hydrogens (tertiary/aromatic N) is 2. The SMILES string of the molecule is CCCSCC(Cc1c(Br)c(C)nn1CC)NCC. The summed E-state index contributed by atoms with van der Waals surface area (Å²) in [5, 5.41) is 8.17. The fourth-order valence-electron chi connectivity index (χ4n) is 2.15. The van der Waals surface area contributed by atoms with Gasteiger partial charge in [-0.25, -0.2) is 0 Å². The molecular weight excluding hydrogens is 322 g/mol. The lowest BCUT2D eigenvalue weighted by molar-refractivity contribution is 0.532. The van der Waals surface area contributed by atoms with Gasteiger partial charge in [0.15, 0.2) is 0 Å². The number of aromatic nitrogens is 2. The molecule has 0 aliphatic heterocycles. The third-order valence-corrected chi connectivity index (χ3v) is 5.42. The van der Waals surface area contributed by atoms with Gasteiger partial charge in [-0.3, -0.25) is 4.68 Å². The maximum atomic E-state index is 4.57. The predicted octanol–water partition coefficient (Wildman–Crippen LogP) is 3.64. The number of nitrogens with one attached hydrogen (secondary N) is 1. The van der Waals surface area contributed by atoms with Crippen molar-refractivity contribution < 1.29 is 0 Å². The summed E-state index contributed by atoms with van der Waals surface area (Å²) in [4.78, 5) is 0. The van der Waals surface area contributed by atoms with E-state index < -0.39 is 0 Å². The number of hydrogen-bond acceptors (Lipinski definition) is 3. The Kier molecular flexibility index (Phi) is 8.11. The Morgan fingerprint density at radius 1 is 1.37 bits per heavy atom. The van der Waals surface area contributed by atoms with Crippen molar-refractivity contribution >= 4 is 27.7 Å². The van der Waals surface area contributed by atoms with Gasteiger partial charge in [0.1, 0.15) is 0 Å². The Balaban J connectivity index is 2.72. The number of thioether (sulfide) groups is 1. The van der Waals surface area contributed by atoms with Crippen molar-refractivity contribution in [2.45, 2.75) is 53.1 Å². The van der Waals surface area contributed by atoms with Gasteiger partial charge >= 0.3 is 0 Å². The minimum absolute atomic E-state index is 0.527. The van der Waals surface area contributed by atoms with Crippen LogP contribution in [0.2, 0.25) is 0 Å². The van der Waals surface area contributed by atoms with E-state index in [1.165, 1.54) is 28.1 Å². The van der Waals surface area contributed by atoms with E-state index in [0.29, 0.717) is 6.04 Å². The van der Waals surface area contributed by atoms with E-state index in [-0.39, 0.29) is 0 Å². The summed E-state index contributed by atoms with van der Waals surface area (Å²) in [7, 11) is 0. The van der Waals surface area contributed by atoms with Crippen molar-refractivity contribution in [1.82, 2.24) is 15.1 Å². The van der Waals surface area contributed by atoms with Crippen molar-refractivity contribution in [3.8, 4) is 0 Å². The zero-order valence-corrected chi connectivity index (χ0v) is 14.9. The van der Waals surface area contributed by atoms with Gasteiger partial charge in [0.2, 0.25) is 0 Å². The second-order valence-corrected chi connectivity index (χ2v) is 6.64. The van der Waals surface area contributed by atoms with E-state index in [2.05, 4.69) is 58.7 Å². The Hall–Kier alpha value is -0.0000000000000000763. The number of halogens is 1. The third kappa shape index (κ3) is 5.12. The number of likely N-dealkylation sites (N-methyl/N-ethyl adjacent to an activating group) is 1. The average molecular weight is 348 g/mol. The Morgan fingerprint density at radius 3 is 2.68 bits per heavy atom. The molecule has 0 saturated heterocycles. The van der Waals surface area contributed by atoms with E-state index in [4.69, 9.17) is 0 Å². The molecule has 0 aromatic carbocycles. The van der Waals surface area contributed by atoms with Crippen molar-refractivity contribution in [3.63, 3.8) is 0 Å². The van der Waals surface area contributed by atoms with E-state index >= 15 is 0 Å². The maximum absolute atomic E-state index is 4.57. The van der Waals surface area contributed by atoms with Crippen molar-refractivity contribution in [1.29, 1.82) is 0 Å². The van der Waals surface area contributed by atoms with Crippen LogP contribution in [-0.2, 0) is 13.0 Å². The molecule has 0 fully saturated rings. The van der Waals surface area contributed by atoms with Crippen LogP contribution in [0.4, 0.5) is 0 Å². The number of rotatable bonds is 9. The lowest BCUT2D eigenvalue weighted by atomic mass is 10.1. The van der Waals surface area contributed by atoms with E-state index in [1.807, 2.05) is 11.8 Å². The van der Waals surface area contributed by atoms with E-state index in [9.17, 15) is 0 Å². The van der Waals surface area contributed by atoms with Crippen LogP contribution in [0.5, 0.6) is 0 Å². The average Bonchev–Trinajstić information content (AvgIpc) is 2.67. The molecule has 1 aromatic rings. The first-order chi connectivity index (χ1) is 9.13. The van der Waals surface area contributed by atoms with Crippen molar-refractivity contribution in [2.24, 2.45) is 0 Å². The Labute approximate surface area is 130 Å². The van der Waals surface area contributed by atoms with Crippen LogP contribution in [0.1, 0.15) is 38.6 Å². The second kappa shape index (κ2) is 9.03. The van der Waals surface area contributed by atoms with Crippen LogP contribution >= 0.6 is 27.7 Å². The molecule has 0 bridgehead atoms. The molecule has 1 atom stereocenters. The van der Waals surface area contributed by atoms with Gasteiger partial charge in [-0.2, -0.15) is 16.9 Å². The topological polar surface area (TPSA) is 29.9 Å². The molecule has 0 radical (unpaired) electrons. The standard InChI is InChI=1S/C14H26BrN3S/c1-5-8-19-10-12(16-6-2)9-13-14(15)11(4)17-18(13)7-3/h12,16H,5-10H2,1-4H3. The highest BCUT2D eigenvalue weighted by molar-refractivity contribution is 9.10. The van der Waals surface area contributed by atoms with Gasteiger partial charge in [-0.05, 0) is 48.5 Å². The number of aryl methyl sites for hydroxylation is 2. The zero-order chi connectivity index (χ0) is 14.3. The molecule has 3 nitrogen and oxygen atoms in total. The molecule has 1 N–H and O–H groups in total. The normalized spacial score (nSPS) is 12.9. The molecule has 110 valence electrons. The maximum Gasteiger partial charge on any atom is 0.0738 e. The number of hydrogen-bond donors (Lipinski definition) is 1. The quantitative estimate of drug-likeness (QED) is 0.691. The smallest absolute Gasteiger partial charge is 0.0738 e. The highest BCUT2D eigenvalue weighted by Crippen LogP contribution is 2.23. The van der Waals surface area contributed by atoms with Gasteiger partial charge in [-0.15, -0.1) is 0 Å². The molecule has 0 aliphatic carbocycles. The lowest BCUT2D eigenvalue weighted by Gasteiger charge is -2.18. The first-order valence-electron chi connectivity index (χ1n) is 7.16. The van der Waals surface area contributed by atoms with Crippen LogP contribution < -0.4 is 5.32 Å². The third-order valence-electron chi connectivity index (χ3n) is 3.05. The molecule has 1 unspecified atom stereocenters. The van der Waals surface area contributed by atoms with Gasteiger partial charge in [0.05, 0.1) is 15.9 Å². The molecule has 5 heteroatoms. The summed E-state index contributed by atoms with van der Waals surface area (Å²) in [5.41, 5.74) is 2.41. The predicted molar refractivity (Wildman–Crippen MR) is 89.1 cm³/mol. The molecule has 1 aromatic heterocycles. The second-order valence-electron chi connectivity index (χ2n) is 4.70. The molecule has 0 spiro atoms. The molecule has 1 heterocycles. The summed E-state index contributed by atoms with van der Waals surface area (Å²) in [6, 6.07) is 0.527. The minimum Gasteiger partial charge on any atom is -0.313 e.